The van der Waals surface area contributed by atoms with E-state index in [1.165, 1.54) is 13.0 Å². The number of carbonyl (C=O) groups excluding carboxylic acids is 2. The van der Waals surface area contributed by atoms with Crippen LogP contribution in [0.2, 0.25) is 0 Å². The van der Waals surface area contributed by atoms with Crippen LogP contribution < -0.4 is 10.2 Å². The molecule has 1 aliphatic rings. The summed E-state index contributed by atoms with van der Waals surface area (Å²) in [5.74, 6) is 0.310. The molecule has 0 spiro atoms. The fraction of sp³-hybridized carbons (Fsp3) is 0.421. The molecule has 1 aromatic heterocycles. The predicted octanol–water partition coefficient (Wildman–Crippen LogP) is 2.47. The lowest BCUT2D eigenvalue weighted by molar-refractivity contribution is -0.120. The van der Waals surface area contributed by atoms with Gasteiger partial charge in [-0.2, -0.15) is 0 Å². The topological polar surface area (TPSA) is 78.7 Å². The van der Waals surface area contributed by atoms with Crippen molar-refractivity contribution >= 4 is 23.2 Å². The van der Waals surface area contributed by atoms with Gasteiger partial charge in [0.05, 0.1) is 11.7 Å². The number of nitrogens with zero attached hydrogens (tertiary/aromatic N) is 3. The minimum atomic E-state index is -0.400. The number of aromatic nitrogens is 1. The number of hydrogen-bond acceptors (Lipinski definition) is 6. The van der Waals surface area contributed by atoms with E-state index < -0.39 is 5.82 Å². The van der Waals surface area contributed by atoms with Crippen LogP contribution in [0.3, 0.4) is 0 Å². The zero-order valence-corrected chi connectivity index (χ0v) is 15.7. The number of aryl methyl sites for hydroxylation is 1. The smallest absolute Gasteiger partial charge is 0.242 e. The number of nitrogens with one attached hydrogen (secondary N) is 1. The normalized spacial score (nSPS) is 16.2. The van der Waals surface area contributed by atoms with Crippen LogP contribution in [-0.2, 0) is 4.79 Å². The van der Waals surface area contributed by atoms with Crippen LogP contribution in [-0.4, -0.2) is 54.0 Å². The Morgan fingerprint density at radius 2 is 1.93 bits per heavy atom. The second-order valence-electron chi connectivity index (χ2n) is 6.73. The van der Waals surface area contributed by atoms with Gasteiger partial charge in [-0.3, -0.25) is 14.5 Å². The molecule has 0 aliphatic carbocycles. The number of anilines is 2. The Morgan fingerprint density at radius 1 is 1.22 bits per heavy atom. The van der Waals surface area contributed by atoms with Crippen molar-refractivity contribution in [2.24, 2.45) is 0 Å². The van der Waals surface area contributed by atoms with Crippen molar-refractivity contribution in [3.8, 4) is 0 Å². The first-order valence-corrected chi connectivity index (χ1v) is 8.89. The summed E-state index contributed by atoms with van der Waals surface area (Å²) in [5, 5.41) is 6.50. The van der Waals surface area contributed by atoms with Crippen molar-refractivity contribution in [3.05, 3.63) is 41.4 Å². The molecular weight excluding hydrogens is 351 g/mol. The van der Waals surface area contributed by atoms with Gasteiger partial charge in [-0.1, -0.05) is 5.16 Å². The van der Waals surface area contributed by atoms with Gasteiger partial charge in [-0.25, -0.2) is 4.39 Å². The summed E-state index contributed by atoms with van der Waals surface area (Å²) in [7, 11) is 0. The number of hydrogen-bond donors (Lipinski definition) is 1. The highest BCUT2D eigenvalue weighted by atomic mass is 19.1. The maximum absolute atomic E-state index is 14.3. The zero-order chi connectivity index (χ0) is 19.6. The Hall–Kier alpha value is -2.74. The number of ketones is 1. The van der Waals surface area contributed by atoms with E-state index in [1.54, 1.807) is 25.1 Å². The maximum Gasteiger partial charge on any atom is 0.242 e. The molecule has 1 atom stereocenters. The molecule has 8 heteroatoms. The maximum atomic E-state index is 14.3. The summed E-state index contributed by atoms with van der Waals surface area (Å²) >= 11 is 0. The Kier molecular flexibility index (Phi) is 5.55. The van der Waals surface area contributed by atoms with Crippen molar-refractivity contribution in [1.82, 2.24) is 10.1 Å². The van der Waals surface area contributed by atoms with Crippen LogP contribution in [0.4, 0.5) is 15.9 Å². The molecule has 1 N–H and O–H groups in total. The molecule has 0 saturated carbocycles. The second-order valence-corrected chi connectivity index (χ2v) is 6.73. The molecule has 1 fully saturated rings. The molecule has 27 heavy (non-hydrogen) atoms. The van der Waals surface area contributed by atoms with Crippen molar-refractivity contribution in [2.75, 3.05) is 36.4 Å². The SMILES string of the molecule is CC(=O)c1ccc(N2CCN([C@@H](C)C(=O)Nc3cc(C)on3)CC2)c(F)c1. The lowest BCUT2D eigenvalue weighted by atomic mass is 10.1. The molecule has 7 nitrogen and oxygen atoms in total. The lowest BCUT2D eigenvalue weighted by Crippen LogP contribution is -2.53. The van der Waals surface area contributed by atoms with Gasteiger partial charge in [0.25, 0.3) is 0 Å². The molecule has 0 radical (unpaired) electrons. The van der Waals surface area contributed by atoms with Gasteiger partial charge in [-0.15, -0.1) is 0 Å². The van der Waals surface area contributed by atoms with Gasteiger partial charge in [0.1, 0.15) is 11.6 Å². The number of rotatable bonds is 5. The molecule has 1 saturated heterocycles. The van der Waals surface area contributed by atoms with Crippen LogP contribution in [0.15, 0.2) is 28.8 Å². The molecule has 1 aromatic carbocycles. The Balaban J connectivity index is 1.58. The van der Waals surface area contributed by atoms with E-state index in [0.717, 1.165) is 0 Å². The molecule has 2 aromatic rings. The minimum Gasteiger partial charge on any atom is -0.367 e. The van der Waals surface area contributed by atoms with Crippen LogP contribution in [0, 0.1) is 12.7 Å². The van der Waals surface area contributed by atoms with Crippen LogP contribution in [0.1, 0.15) is 30.0 Å². The summed E-state index contributed by atoms with van der Waals surface area (Å²) in [6, 6.07) is 5.89. The van der Waals surface area contributed by atoms with E-state index in [4.69, 9.17) is 4.52 Å². The summed E-state index contributed by atoms with van der Waals surface area (Å²) in [4.78, 5) is 27.7. The van der Waals surface area contributed by atoms with Gasteiger partial charge in [0.15, 0.2) is 11.6 Å². The standard InChI is InChI=1S/C19H23FN4O3/c1-12-10-18(22-27-12)21-19(26)13(2)23-6-8-24(9-7-23)17-5-4-15(14(3)25)11-16(17)20/h4-5,10-11,13H,6-9H2,1-3H3,(H,21,22,26)/t13-/m0/s1. The lowest BCUT2D eigenvalue weighted by Gasteiger charge is -2.38. The highest BCUT2D eigenvalue weighted by Gasteiger charge is 2.27. The van der Waals surface area contributed by atoms with E-state index in [1.807, 2.05) is 16.7 Å². The highest BCUT2D eigenvalue weighted by Crippen LogP contribution is 2.23. The minimum absolute atomic E-state index is 0.159. The van der Waals surface area contributed by atoms with E-state index in [9.17, 15) is 14.0 Å². The fourth-order valence-electron chi connectivity index (χ4n) is 3.15. The average molecular weight is 374 g/mol. The Morgan fingerprint density at radius 3 is 2.48 bits per heavy atom. The second kappa shape index (κ2) is 7.87. The van der Waals surface area contributed by atoms with Gasteiger partial charge in [0.2, 0.25) is 5.91 Å². The third-order valence-corrected chi connectivity index (χ3v) is 4.82. The predicted molar refractivity (Wildman–Crippen MR) is 99.5 cm³/mol. The van der Waals surface area contributed by atoms with Crippen LogP contribution in [0.5, 0.6) is 0 Å². The molecular formula is C19H23FN4O3. The van der Waals surface area contributed by atoms with E-state index >= 15 is 0 Å². The first kappa shape index (κ1) is 19.0. The molecule has 1 aliphatic heterocycles. The zero-order valence-electron chi connectivity index (χ0n) is 15.7. The summed E-state index contributed by atoms with van der Waals surface area (Å²) in [6.45, 7) is 7.45. The van der Waals surface area contributed by atoms with Gasteiger partial charge in [0, 0.05) is 37.8 Å². The quantitative estimate of drug-likeness (QED) is 0.810. The highest BCUT2D eigenvalue weighted by molar-refractivity contribution is 5.94. The van der Waals surface area contributed by atoms with Crippen molar-refractivity contribution in [1.29, 1.82) is 0 Å². The average Bonchev–Trinajstić information content (AvgIpc) is 3.05. The van der Waals surface area contributed by atoms with Gasteiger partial charge >= 0.3 is 0 Å². The van der Waals surface area contributed by atoms with Crippen molar-refractivity contribution in [2.45, 2.75) is 26.8 Å². The molecule has 1 amide bonds. The van der Waals surface area contributed by atoms with Crippen LogP contribution in [0.25, 0.3) is 0 Å². The molecule has 2 heterocycles. The monoisotopic (exact) mass is 374 g/mol. The first-order valence-electron chi connectivity index (χ1n) is 8.89. The molecule has 3 rings (SSSR count). The number of carbonyl (C=O) groups is 2. The van der Waals surface area contributed by atoms with Crippen molar-refractivity contribution in [3.63, 3.8) is 0 Å². The van der Waals surface area contributed by atoms with E-state index in [2.05, 4.69) is 10.5 Å². The summed E-state index contributed by atoms with van der Waals surface area (Å²) in [5.41, 5.74) is 0.845. The third kappa shape index (κ3) is 4.33. The Labute approximate surface area is 157 Å². The van der Waals surface area contributed by atoms with Gasteiger partial charge in [-0.05, 0) is 39.0 Å². The molecule has 0 unspecified atom stereocenters. The number of Topliss-reactive ketones (excluding diaryl/α,β-unsaturated/α-hetero) is 1. The number of piperazine rings is 1. The molecule has 144 valence electrons. The molecule has 0 bridgehead atoms. The number of amides is 1. The Bertz CT molecular complexity index is 843. The fourth-order valence-corrected chi connectivity index (χ4v) is 3.15. The van der Waals surface area contributed by atoms with E-state index in [0.29, 0.717) is 49.0 Å². The largest absolute Gasteiger partial charge is 0.367 e. The van der Waals surface area contributed by atoms with Crippen LogP contribution >= 0.6 is 0 Å². The number of benzene rings is 1. The summed E-state index contributed by atoms with van der Waals surface area (Å²) < 4.78 is 19.3. The van der Waals surface area contributed by atoms with Gasteiger partial charge < -0.3 is 14.7 Å². The third-order valence-electron chi connectivity index (χ3n) is 4.82. The first-order chi connectivity index (χ1) is 12.8. The van der Waals surface area contributed by atoms with E-state index in [-0.39, 0.29) is 17.7 Å². The summed E-state index contributed by atoms with van der Waals surface area (Å²) in [6.07, 6.45) is 0. The number of halogens is 1. The van der Waals surface area contributed by atoms with Crippen molar-refractivity contribution < 1.29 is 18.5 Å².